The van der Waals surface area contributed by atoms with Gasteiger partial charge in [-0.25, -0.2) is 8.78 Å². The average molecular weight is 202 g/mol. The molecule has 1 aliphatic carbocycles. The van der Waals surface area contributed by atoms with E-state index < -0.39 is 11.5 Å². The maximum Gasteiger partial charge on any atom is 0.248 e. The highest BCUT2D eigenvalue weighted by atomic mass is 19.3. The van der Waals surface area contributed by atoms with E-state index in [1.54, 1.807) is 6.07 Å². The van der Waals surface area contributed by atoms with Crippen LogP contribution in [0.2, 0.25) is 0 Å². The summed E-state index contributed by atoms with van der Waals surface area (Å²) in [4.78, 5) is 0. The lowest BCUT2D eigenvalue weighted by Gasteiger charge is -2.35. The molecule has 0 saturated heterocycles. The fraction of sp³-hybridized carbons (Fsp3) is 0.667. The zero-order valence-electron chi connectivity index (χ0n) is 7.67. The minimum absolute atomic E-state index is 0.170. The topological polar surface area (TPSA) is 52.0 Å². The zero-order valence-corrected chi connectivity index (χ0v) is 7.67. The van der Waals surface area contributed by atoms with Crippen LogP contribution in [-0.4, -0.2) is 11.1 Å². The van der Waals surface area contributed by atoms with Crippen LogP contribution < -0.4 is 5.73 Å². The minimum Gasteiger partial charge on any atom is -0.364 e. The standard InChI is InChI=1S/C9H12F2N2O/c10-9(11)4-2-8(12,3-5-9)7-1-6-14-13-7/h1,6H,2-5,12H2. The van der Waals surface area contributed by atoms with E-state index in [-0.39, 0.29) is 25.7 Å². The van der Waals surface area contributed by atoms with Gasteiger partial charge in [-0.15, -0.1) is 0 Å². The van der Waals surface area contributed by atoms with Crippen molar-refractivity contribution in [1.29, 1.82) is 0 Å². The monoisotopic (exact) mass is 202 g/mol. The Labute approximate surface area is 80.3 Å². The van der Waals surface area contributed by atoms with Gasteiger partial charge in [0.1, 0.15) is 12.0 Å². The van der Waals surface area contributed by atoms with Crippen molar-refractivity contribution in [1.82, 2.24) is 5.16 Å². The first-order valence-electron chi connectivity index (χ1n) is 4.59. The molecule has 1 saturated carbocycles. The fourth-order valence-corrected chi connectivity index (χ4v) is 1.79. The molecular formula is C9H12F2N2O. The minimum atomic E-state index is -2.56. The molecule has 0 spiro atoms. The lowest BCUT2D eigenvalue weighted by atomic mass is 9.78. The van der Waals surface area contributed by atoms with Gasteiger partial charge in [0.15, 0.2) is 0 Å². The normalized spacial score (nSPS) is 24.8. The van der Waals surface area contributed by atoms with Crippen molar-refractivity contribution >= 4 is 0 Å². The second-order valence-corrected chi connectivity index (χ2v) is 3.90. The van der Waals surface area contributed by atoms with Crippen molar-refractivity contribution in [3.63, 3.8) is 0 Å². The summed E-state index contributed by atoms with van der Waals surface area (Å²) in [5.74, 6) is -2.56. The number of nitrogens with zero attached hydrogens (tertiary/aromatic N) is 1. The third kappa shape index (κ3) is 1.64. The molecule has 0 atom stereocenters. The van der Waals surface area contributed by atoms with Crippen LogP contribution in [0.1, 0.15) is 31.4 Å². The number of rotatable bonds is 1. The highest BCUT2D eigenvalue weighted by Gasteiger charge is 2.43. The van der Waals surface area contributed by atoms with Crippen molar-refractivity contribution in [3.8, 4) is 0 Å². The molecule has 0 amide bonds. The second kappa shape index (κ2) is 3.02. The predicted molar refractivity (Wildman–Crippen MR) is 45.8 cm³/mol. The molecule has 0 bridgehead atoms. The quantitative estimate of drug-likeness (QED) is 0.758. The first-order valence-corrected chi connectivity index (χ1v) is 4.59. The molecule has 3 nitrogen and oxygen atoms in total. The molecule has 0 aliphatic heterocycles. The Kier molecular flexibility index (Phi) is 2.06. The van der Waals surface area contributed by atoms with E-state index in [2.05, 4.69) is 9.68 Å². The van der Waals surface area contributed by atoms with Crippen molar-refractivity contribution in [2.75, 3.05) is 0 Å². The van der Waals surface area contributed by atoms with Crippen LogP contribution in [-0.2, 0) is 5.54 Å². The molecule has 1 heterocycles. The molecule has 78 valence electrons. The lowest BCUT2D eigenvalue weighted by Crippen LogP contribution is -2.43. The molecule has 1 aromatic heterocycles. The van der Waals surface area contributed by atoms with Gasteiger partial charge in [-0.1, -0.05) is 5.16 Å². The summed E-state index contributed by atoms with van der Waals surface area (Å²) >= 11 is 0. The number of aromatic nitrogens is 1. The van der Waals surface area contributed by atoms with Gasteiger partial charge in [0.25, 0.3) is 0 Å². The number of halogens is 2. The van der Waals surface area contributed by atoms with Gasteiger partial charge in [-0.2, -0.15) is 0 Å². The highest BCUT2D eigenvalue weighted by Crippen LogP contribution is 2.41. The first kappa shape index (κ1) is 9.58. The summed E-state index contributed by atoms with van der Waals surface area (Å²) in [7, 11) is 0. The molecule has 1 aromatic rings. The summed E-state index contributed by atoms with van der Waals surface area (Å²) in [6.45, 7) is 0. The number of nitrogens with two attached hydrogens (primary N) is 1. The van der Waals surface area contributed by atoms with Gasteiger partial charge in [0.05, 0.1) is 5.54 Å². The Morgan fingerprint density at radius 3 is 2.43 bits per heavy atom. The summed E-state index contributed by atoms with van der Waals surface area (Å²) < 4.78 is 30.4. The van der Waals surface area contributed by atoms with Gasteiger partial charge < -0.3 is 10.3 Å². The number of hydrogen-bond donors (Lipinski definition) is 1. The Hall–Kier alpha value is -0.970. The molecule has 1 fully saturated rings. The molecule has 2 N–H and O–H groups in total. The largest absolute Gasteiger partial charge is 0.364 e. The van der Waals surface area contributed by atoms with Crippen molar-refractivity contribution in [3.05, 3.63) is 18.0 Å². The van der Waals surface area contributed by atoms with E-state index in [0.717, 1.165) is 0 Å². The Bertz CT molecular complexity index is 301. The first-order chi connectivity index (χ1) is 6.52. The third-order valence-corrected chi connectivity index (χ3v) is 2.82. The van der Waals surface area contributed by atoms with Crippen LogP contribution in [0.15, 0.2) is 16.9 Å². The van der Waals surface area contributed by atoms with Crippen molar-refractivity contribution < 1.29 is 13.3 Å². The van der Waals surface area contributed by atoms with Crippen LogP contribution in [0.3, 0.4) is 0 Å². The maximum absolute atomic E-state index is 12.9. The van der Waals surface area contributed by atoms with Crippen molar-refractivity contribution in [2.24, 2.45) is 5.73 Å². The summed E-state index contributed by atoms with van der Waals surface area (Å²) in [5, 5.41) is 3.71. The molecular weight excluding hydrogens is 190 g/mol. The third-order valence-electron chi connectivity index (χ3n) is 2.82. The van der Waals surface area contributed by atoms with Crippen LogP contribution in [0.25, 0.3) is 0 Å². The van der Waals surface area contributed by atoms with E-state index in [1.807, 2.05) is 0 Å². The average Bonchev–Trinajstić information content (AvgIpc) is 2.64. The molecule has 5 heteroatoms. The molecule has 0 radical (unpaired) electrons. The van der Waals surface area contributed by atoms with E-state index in [9.17, 15) is 8.78 Å². The van der Waals surface area contributed by atoms with Gasteiger partial charge in [-0.3, -0.25) is 0 Å². The van der Waals surface area contributed by atoms with Crippen LogP contribution in [0, 0.1) is 0 Å². The number of alkyl halides is 2. The Morgan fingerprint density at radius 2 is 1.93 bits per heavy atom. The second-order valence-electron chi connectivity index (χ2n) is 3.90. The van der Waals surface area contributed by atoms with E-state index >= 15 is 0 Å². The Morgan fingerprint density at radius 1 is 1.29 bits per heavy atom. The maximum atomic E-state index is 12.9. The smallest absolute Gasteiger partial charge is 0.248 e. The summed E-state index contributed by atoms with van der Waals surface area (Å²) in [6.07, 6.45) is 1.59. The van der Waals surface area contributed by atoms with Gasteiger partial charge >= 0.3 is 0 Å². The highest BCUT2D eigenvalue weighted by molar-refractivity contribution is 5.13. The van der Waals surface area contributed by atoms with Gasteiger partial charge in [0, 0.05) is 18.9 Å². The van der Waals surface area contributed by atoms with E-state index in [4.69, 9.17) is 5.73 Å². The van der Waals surface area contributed by atoms with Gasteiger partial charge in [0.2, 0.25) is 5.92 Å². The SMILES string of the molecule is NC1(c2ccon2)CCC(F)(F)CC1. The summed E-state index contributed by atoms with van der Waals surface area (Å²) in [6, 6.07) is 1.64. The molecule has 14 heavy (non-hydrogen) atoms. The zero-order chi connectivity index (χ0) is 10.2. The van der Waals surface area contributed by atoms with Crippen LogP contribution in [0.4, 0.5) is 8.78 Å². The van der Waals surface area contributed by atoms with E-state index in [1.165, 1.54) is 6.26 Å². The van der Waals surface area contributed by atoms with Crippen molar-refractivity contribution in [2.45, 2.75) is 37.1 Å². The molecule has 0 aromatic carbocycles. The van der Waals surface area contributed by atoms with Crippen LogP contribution in [0.5, 0.6) is 0 Å². The molecule has 2 rings (SSSR count). The van der Waals surface area contributed by atoms with E-state index in [0.29, 0.717) is 5.69 Å². The molecule has 0 unspecified atom stereocenters. The molecule has 1 aliphatic rings. The van der Waals surface area contributed by atoms with Crippen LogP contribution >= 0.6 is 0 Å². The van der Waals surface area contributed by atoms with Gasteiger partial charge in [-0.05, 0) is 12.8 Å². The fourth-order valence-electron chi connectivity index (χ4n) is 1.79. The predicted octanol–water partition coefficient (Wildman–Crippen LogP) is 2.04. The summed E-state index contributed by atoms with van der Waals surface area (Å²) in [5.41, 5.74) is 5.84. The Balaban J connectivity index is 2.13. The number of hydrogen-bond acceptors (Lipinski definition) is 3. The lowest BCUT2D eigenvalue weighted by molar-refractivity contribution is -0.0522.